The number of hydrogen-bond donors (Lipinski definition) is 2. The maximum atomic E-state index is 5.94. The summed E-state index contributed by atoms with van der Waals surface area (Å²) in [5, 5.41) is 17.9. The predicted octanol–water partition coefficient (Wildman–Crippen LogP) is 1.95. The molecule has 0 saturated carbocycles. The first-order valence-electron chi connectivity index (χ1n) is 4.23. The summed E-state index contributed by atoms with van der Waals surface area (Å²) in [6.45, 7) is 0. The van der Waals surface area contributed by atoms with Crippen LogP contribution in [0.1, 0.15) is 5.56 Å². The molecular formula is C8H6Cl2N6. The third-order valence-electron chi connectivity index (χ3n) is 1.68. The Hall–Kier alpha value is -1.66. The molecule has 0 saturated heterocycles. The average Bonchev–Trinajstić information content (AvgIpc) is 2.74. The lowest BCUT2D eigenvalue weighted by Gasteiger charge is -1.97. The molecule has 0 amide bonds. The third kappa shape index (κ3) is 2.68. The van der Waals surface area contributed by atoms with Crippen LogP contribution >= 0.6 is 23.2 Å². The second-order valence-electron chi connectivity index (χ2n) is 2.77. The number of nitrogens with one attached hydrogen (secondary N) is 2. The van der Waals surface area contributed by atoms with Crippen molar-refractivity contribution in [1.29, 1.82) is 0 Å². The van der Waals surface area contributed by atoms with E-state index in [0.717, 1.165) is 5.56 Å². The summed E-state index contributed by atoms with van der Waals surface area (Å²) in [6, 6.07) is 5.12. The molecule has 6 nitrogen and oxygen atoms in total. The maximum absolute atomic E-state index is 5.94. The van der Waals surface area contributed by atoms with Crippen molar-refractivity contribution in [2.24, 2.45) is 5.10 Å². The van der Waals surface area contributed by atoms with Crippen LogP contribution in [0, 0.1) is 0 Å². The number of aromatic amines is 1. The van der Waals surface area contributed by atoms with Crippen molar-refractivity contribution < 1.29 is 0 Å². The molecule has 16 heavy (non-hydrogen) atoms. The first-order valence-corrected chi connectivity index (χ1v) is 4.99. The van der Waals surface area contributed by atoms with E-state index >= 15 is 0 Å². The number of hydrazone groups is 1. The molecule has 1 aromatic heterocycles. The quantitative estimate of drug-likeness (QED) is 0.650. The van der Waals surface area contributed by atoms with Crippen LogP contribution < -0.4 is 5.43 Å². The zero-order valence-electron chi connectivity index (χ0n) is 7.85. The summed E-state index contributed by atoms with van der Waals surface area (Å²) in [5.41, 5.74) is 3.31. The number of halogens is 2. The SMILES string of the molecule is Clc1ccc(/C=N\Nc2nn[nH]n2)c(Cl)c1. The zero-order valence-corrected chi connectivity index (χ0v) is 9.37. The van der Waals surface area contributed by atoms with Gasteiger partial charge in [-0.15, -0.1) is 5.10 Å². The van der Waals surface area contributed by atoms with Gasteiger partial charge in [-0.05, 0) is 17.3 Å². The van der Waals surface area contributed by atoms with E-state index in [1.54, 1.807) is 18.2 Å². The second-order valence-corrected chi connectivity index (χ2v) is 3.61. The Morgan fingerprint density at radius 3 is 2.94 bits per heavy atom. The minimum atomic E-state index is 0.279. The summed E-state index contributed by atoms with van der Waals surface area (Å²) in [4.78, 5) is 0. The molecule has 2 rings (SSSR count). The van der Waals surface area contributed by atoms with Crippen LogP contribution in [-0.2, 0) is 0 Å². The van der Waals surface area contributed by atoms with Gasteiger partial charge >= 0.3 is 0 Å². The molecule has 82 valence electrons. The Balaban J connectivity index is 2.06. The number of nitrogens with zero attached hydrogens (tertiary/aromatic N) is 4. The highest BCUT2D eigenvalue weighted by Gasteiger charge is 1.98. The minimum absolute atomic E-state index is 0.279. The Bertz CT molecular complexity index is 495. The molecule has 0 atom stereocenters. The van der Waals surface area contributed by atoms with Gasteiger partial charge in [0.15, 0.2) is 0 Å². The van der Waals surface area contributed by atoms with Crippen LogP contribution in [0.25, 0.3) is 0 Å². The largest absolute Gasteiger partial charge is 0.283 e. The van der Waals surface area contributed by atoms with Gasteiger partial charge in [0.05, 0.1) is 11.2 Å². The molecule has 0 bridgehead atoms. The molecule has 0 spiro atoms. The van der Waals surface area contributed by atoms with Crippen LogP contribution in [0.2, 0.25) is 10.0 Å². The molecule has 0 unspecified atom stereocenters. The highest BCUT2D eigenvalue weighted by atomic mass is 35.5. The highest BCUT2D eigenvalue weighted by molar-refractivity contribution is 6.36. The fourth-order valence-corrected chi connectivity index (χ4v) is 1.43. The molecule has 0 radical (unpaired) electrons. The number of aromatic nitrogens is 4. The zero-order chi connectivity index (χ0) is 11.4. The second kappa shape index (κ2) is 4.91. The Kier molecular flexibility index (Phi) is 3.33. The molecule has 0 aliphatic heterocycles. The number of benzene rings is 1. The Labute approximate surface area is 101 Å². The Morgan fingerprint density at radius 2 is 2.25 bits per heavy atom. The summed E-state index contributed by atoms with van der Waals surface area (Å²) >= 11 is 11.7. The van der Waals surface area contributed by atoms with E-state index in [1.165, 1.54) is 6.21 Å². The van der Waals surface area contributed by atoms with E-state index in [4.69, 9.17) is 23.2 Å². The van der Waals surface area contributed by atoms with Crippen molar-refractivity contribution in [2.75, 3.05) is 5.43 Å². The van der Waals surface area contributed by atoms with Gasteiger partial charge in [0.25, 0.3) is 5.95 Å². The van der Waals surface area contributed by atoms with E-state index in [1.807, 2.05) is 0 Å². The first-order chi connectivity index (χ1) is 7.75. The summed E-state index contributed by atoms with van der Waals surface area (Å²) in [7, 11) is 0. The Morgan fingerprint density at radius 1 is 1.38 bits per heavy atom. The van der Waals surface area contributed by atoms with Crippen LogP contribution in [-0.4, -0.2) is 26.8 Å². The molecular weight excluding hydrogens is 251 g/mol. The lowest BCUT2D eigenvalue weighted by Crippen LogP contribution is -1.93. The predicted molar refractivity (Wildman–Crippen MR) is 61.9 cm³/mol. The van der Waals surface area contributed by atoms with E-state index in [0.29, 0.717) is 10.0 Å². The number of tetrazole rings is 1. The van der Waals surface area contributed by atoms with Crippen molar-refractivity contribution in [2.45, 2.75) is 0 Å². The summed E-state index contributed by atoms with van der Waals surface area (Å²) < 4.78 is 0. The smallest absolute Gasteiger partial charge is 0.243 e. The van der Waals surface area contributed by atoms with Gasteiger partial charge in [0.2, 0.25) is 0 Å². The first kappa shape index (κ1) is 10.8. The molecule has 1 aromatic carbocycles. The molecule has 0 aliphatic carbocycles. The van der Waals surface area contributed by atoms with Gasteiger partial charge in [0, 0.05) is 10.6 Å². The van der Waals surface area contributed by atoms with Crippen LogP contribution in [0.15, 0.2) is 23.3 Å². The molecule has 2 N–H and O–H groups in total. The van der Waals surface area contributed by atoms with Gasteiger partial charge in [-0.25, -0.2) is 5.43 Å². The third-order valence-corrected chi connectivity index (χ3v) is 2.24. The van der Waals surface area contributed by atoms with Gasteiger partial charge in [-0.2, -0.15) is 10.3 Å². The normalized spacial score (nSPS) is 10.9. The van der Waals surface area contributed by atoms with E-state index in [9.17, 15) is 0 Å². The lowest BCUT2D eigenvalue weighted by molar-refractivity contribution is 0.881. The minimum Gasteiger partial charge on any atom is -0.243 e. The summed E-state index contributed by atoms with van der Waals surface area (Å²) in [6.07, 6.45) is 1.54. The fraction of sp³-hybridized carbons (Fsp3) is 0. The van der Waals surface area contributed by atoms with Crippen molar-refractivity contribution in [1.82, 2.24) is 20.6 Å². The summed E-state index contributed by atoms with van der Waals surface area (Å²) in [5.74, 6) is 0.279. The highest BCUT2D eigenvalue weighted by Crippen LogP contribution is 2.19. The molecule has 0 fully saturated rings. The van der Waals surface area contributed by atoms with Crippen molar-refractivity contribution in [3.8, 4) is 0 Å². The lowest BCUT2D eigenvalue weighted by atomic mass is 10.2. The molecule has 2 aromatic rings. The number of anilines is 1. The molecule has 1 heterocycles. The number of H-pyrrole nitrogens is 1. The van der Waals surface area contributed by atoms with E-state index in [2.05, 4.69) is 31.2 Å². The number of rotatable bonds is 3. The molecule has 8 heteroatoms. The maximum Gasteiger partial charge on any atom is 0.283 e. The van der Waals surface area contributed by atoms with Gasteiger partial charge in [-0.3, -0.25) is 0 Å². The van der Waals surface area contributed by atoms with Crippen molar-refractivity contribution in [3.63, 3.8) is 0 Å². The fourth-order valence-electron chi connectivity index (χ4n) is 0.975. The average molecular weight is 257 g/mol. The van der Waals surface area contributed by atoms with E-state index in [-0.39, 0.29) is 5.95 Å². The van der Waals surface area contributed by atoms with Crippen molar-refractivity contribution in [3.05, 3.63) is 33.8 Å². The van der Waals surface area contributed by atoms with Gasteiger partial charge in [-0.1, -0.05) is 34.4 Å². The van der Waals surface area contributed by atoms with Crippen molar-refractivity contribution >= 4 is 35.4 Å². The monoisotopic (exact) mass is 256 g/mol. The van der Waals surface area contributed by atoms with Gasteiger partial charge < -0.3 is 0 Å². The topological polar surface area (TPSA) is 78.9 Å². The standard InChI is InChI=1S/C8H6Cl2N6/c9-6-2-1-5(7(10)3-6)4-11-12-8-13-15-16-14-8/h1-4H,(H2,12,13,14,15,16)/b11-4-. The van der Waals surface area contributed by atoms with Crippen LogP contribution in [0.4, 0.5) is 5.95 Å². The molecule has 0 aliphatic rings. The van der Waals surface area contributed by atoms with Crippen LogP contribution in [0.5, 0.6) is 0 Å². The number of hydrogen-bond acceptors (Lipinski definition) is 5. The van der Waals surface area contributed by atoms with Gasteiger partial charge in [0.1, 0.15) is 0 Å². The van der Waals surface area contributed by atoms with Crippen LogP contribution in [0.3, 0.4) is 0 Å². The van der Waals surface area contributed by atoms with E-state index < -0.39 is 0 Å².